The van der Waals surface area contributed by atoms with Crippen LogP contribution in [-0.2, 0) is 11.3 Å². The van der Waals surface area contributed by atoms with Crippen LogP contribution < -0.4 is 0 Å². The first kappa shape index (κ1) is 16.0. The largest absolute Gasteiger partial charge is 0.394 e. The summed E-state index contributed by atoms with van der Waals surface area (Å²) in [7, 11) is 0. The Kier molecular flexibility index (Phi) is 5.00. The molecule has 2 rings (SSSR count). The second kappa shape index (κ2) is 6.58. The van der Waals surface area contributed by atoms with E-state index in [0.29, 0.717) is 25.4 Å². The van der Waals surface area contributed by atoms with Crippen molar-refractivity contribution in [3.05, 3.63) is 17.5 Å². The van der Waals surface area contributed by atoms with E-state index in [0.717, 1.165) is 5.69 Å². The van der Waals surface area contributed by atoms with E-state index in [1.807, 2.05) is 19.9 Å². The van der Waals surface area contributed by atoms with Gasteiger partial charge in [0.15, 0.2) is 0 Å². The van der Waals surface area contributed by atoms with Gasteiger partial charge in [-0.2, -0.15) is 5.10 Å². The van der Waals surface area contributed by atoms with Gasteiger partial charge in [0.2, 0.25) is 0 Å². The third-order valence-electron chi connectivity index (χ3n) is 3.88. The van der Waals surface area contributed by atoms with Crippen molar-refractivity contribution in [3.8, 4) is 0 Å². The smallest absolute Gasteiger partial charge is 0.272 e. The molecule has 2 unspecified atom stereocenters. The number of amides is 1. The fourth-order valence-electron chi connectivity index (χ4n) is 2.49. The molecule has 21 heavy (non-hydrogen) atoms. The molecule has 1 aromatic heterocycles. The van der Waals surface area contributed by atoms with Crippen molar-refractivity contribution in [2.24, 2.45) is 0 Å². The lowest BCUT2D eigenvalue weighted by molar-refractivity contribution is -0.0670. The fraction of sp³-hybridized carbons (Fsp3) is 0.733. The molecule has 0 spiro atoms. The summed E-state index contributed by atoms with van der Waals surface area (Å²) in [6, 6.07) is 1.88. The van der Waals surface area contributed by atoms with E-state index >= 15 is 0 Å². The van der Waals surface area contributed by atoms with Gasteiger partial charge in [-0.05, 0) is 25.8 Å². The number of hydrogen-bond donors (Lipinski definition) is 1. The number of aromatic nitrogens is 2. The molecule has 2 heterocycles. The molecule has 6 heteroatoms. The van der Waals surface area contributed by atoms with Gasteiger partial charge in [0.05, 0.1) is 31.1 Å². The predicted octanol–water partition coefficient (Wildman–Crippen LogP) is 1.25. The van der Waals surface area contributed by atoms with Crippen molar-refractivity contribution >= 4 is 5.91 Å². The SMILES string of the molecule is CCn1nc(C(C)C)cc1C(=O)N1CC(CO)OCC1C. The first-order valence-electron chi connectivity index (χ1n) is 7.59. The lowest BCUT2D eigenvalue weighted by atomic mass is 10.1. The van der Waals surface area contributed by atoms with E-state index in [2.05, 4.69) is 18.9 Å². The van der Waals surface area contributed by atoms with Crippen LogP contribution in [0.4, 0.5) is 0 Å². The lowest BCUT2D eigenvalue weighted by Gasteiger charge is -2.37. The number of aliphatic hydroxyl groups excluding tert-OH is 1. The van der Waals surface area contributed by atoms with Crippen molar-refractivity contribution in [2.45, 2.75) is 52.3 Å². The molecule has 1 aliphatic heterocycles. The minimum Gasteiger partial charge on any atom is -0.394 e. The number of carbonyl (C=O) groups is 1. The Bertz CT molecular complexity index is 498. The summed E-state index contributed by atoms with van der Waals surface area (Å²) < 4.78 is 7.25. The van der Waals surface area contributed by atoms with Crippen LogP contribution in [0.3, 0.4) is 0 Å². The number of nitrogens with zero attached hydrogens (tertiary/aromatic N) is 3. The third-order valence-corrected chi connectivity index (χ3v) is 3.88. The van der Waals surface area contributed by atoms with E-state index < -0.39 is 0 Å². The number of carbonyl (C=O) groups excluding carboxylic acids is 1. The van der Waals surface area contributed by atoms with E-state index in [-0.39, 0.29) is 30.6 Å². The normalized spacial score (nSPS) is 22.9. The maximum Gasteiger partial charge on any atom is 0.272 e. The van der Waals surface area contributed by atoms with Crippen LogP contribution in [0.25, 0.3) is 0 Å². The van der Waals surface area contributed by atoms with Crippen molar-refractivity contribution in [1.82, 2.24) is 14.7 Å². The summed E-state index contributed by atoms with van der Waals surface area (Å²) >= 11 is 0. The van der Waals surface area contributed by atoms with Crippen molar-refractivity contribution in [2.75, 3.05) is 19.8 Å². The zero-order valence-electron chi connectivity index (χ0n) is 13.2. The van der Waals surface area contributed by atoms with Gasteiger partial charge in [-0.15, -0.1) is 0 Å². The second-order valence-electron chi connectivity index (χ2n) is 5.87. The Balaban J connectivity index is 2.25. The van der Waals surface area contributed by atoms with Crippen molar-refractivity contribution in [3.63, 3.8) is 0 Å². The molecule has 1 aliphatic rings. The van der Waals surface area contributed by atoms with Crippen LogP contribution >= 0.6 is 0 Å². The lowest BCUT2D eigenvalue weighted by Crippen LogP contribution is -2.52. The van der Waals surface area contributed by atoms with Gasteiger partial charge < -0.3 is 14.7 Å². The minimum atomic E-state index is -0.298. The molecule has 2 atom stereocenters. The molecule has 1 aromatic rings. The first-order valence-corrected chi connectivity index (χ1v) is 7.59. The minimum absolute atomic E-state index is 0.00278. The molecule has 1 saturated heterocycles. The molecule has 0 aliphatic carbocycles. The van der Waals surface area contributed by atoms with Crippen LogP contribution in [0.15, 0.2) is 6.07 Å². The maximum absolute atomic E-state index is 12.8. The van der Waals surface area contributed by atoms with E-state index in [1.165, 1.54) is 0 Å². The third kappa shape index (κ3) is 3.27. The number of rotatable bonds is 4. The van der Waals surface area contributed by atoms with E-state index in [9.17, 15) is 9.90 Å². The number of aliphatic hydroxyl groups is 1. The Hall–Kier alpha value is -1.40. The molecule has 1 N–H and O–H groups in total. The topological polar surface area (TPSA) is 67.6 Å². The molecular formula is C15H25N3O3. The van der Waals surface area contributed by atoms with Gasteiger partial charge in [0, 0.05) is 13.1 Å². The van der Waals surface area contributed by atoms with Gasteiger partial charge in [0.25, 0.3) is 5.91 Å². The van der Waals surface area contributed by atoms with Gasteiger partial charge in [0.1, 0.15) is 5.69 Å². The van der Waals surface area contributed by atoms with Crippen LogP contribution in [0.2, 0.25) is 0 Å². The van der Waals surface area contributed by atoms with Crippen LogP contribution in [0, 0.1) is 0 Å². The monoisotopic (exact) mass is 295 g/mol. The number of ether oxygens (including phenoxy) is 1. The zero-order valence-corrected chi connectivity index (χ0v) is 13.2. The predicted molar refractivity (Wildman–Crippen MR) is 79.3 cm³/mol. The van der Waals surface area contributed by atoms with E-state index in [1.54, 1.807) is 9.58 Å². The molecule has 0 aromatic carbocycles. The van der Waals surface area contributed by atoms with Crippen LogP contribution in [0.1, 0.15) is 49.8 Å². The Morgan fingerprint density at radius 1 is 1.57 bits per heavy atom. The van der Waals surface area contributed by atoms with Crippen molar-refractivity contribution in [1.29, 1.82) is 0 Å². The zero-order chi connectivity index (χ0) is 15.6. The quantitative estimate of drug-likeness (QED) is 0.907. The average molecular weight is 295 g/mol. The van der Waals surface area contributed by atoms with Gasteiger partial charge >= 0.3 is 0 Å². The highest BCUT2D eigenvalue weighted by molar-refractivity contribution is 5.93. The molecular weight excluding hydrogens is 270 g/mol. The van der Waals surface area contributed by atoms with Gasteiger partial charge in [-0.25, -0.2) is 0 Å². The average Bonchev–Trinajstić information content (AvgIpc) is 2.91. The second-order valence-corrected chi connectivity index (χ2v) is 5.87. The maximum atomic E-state index is 12.8. The van der Waals surface area contributed by atoms with E-state index in [4.69, 9.17) is 4.74 Å². The summed E-state index contributed by atoms with van der Waals surface area (Å²) in [5.41, 5.74) is 1.55. The summed E-state index contributed by atoms with van der Waals surface area (Å²) in [5, 5.41) is 13.7. The summed E-state index contributed by atoms with van der Waals surface area (Å²) in [6.45, 7) is 9.54. The highest BCUT2D eigenvalue weighted by atomic mass is 16.5. The molecule has 0 saturated carbocycles. The number of aryl methyl sites for hydroxylation is 1. The van der Waals surface area contributed by atoms with Gasteiger partial charge in [-0.3, -0.25) is 9.48 Å². The van der Waals surface area contributed by atoms with Crippen LogP contribution in [-0.4, -0.2) is 57.6 Å². The standard InChI is InChI=1S/C15H25N3O3/c1-5-18-14(6-13(16-18)10(2)3)15(20)17-7-12(8-19)21-9-11(17)4/h6,10-12,19H,5,7-9H2,1-4H3. The van der Waals surface area contributed by atoms with Crippen molar-refractivity contribution < 1.29 is 14.6 Å². The molecule has 1 fully saturated rings. The summed E-state index contributed by atoms with van der Waals surface area (Å²) in [6.07, 6.45) is -0.298. The van der Waals surface area contributed by atoms with Crippen LogP contribution in [0.5, 0.6) is 0 Å². The summed E-state index contributed by atoms with van der Waals surface area (Å²) in [5.74, 6) is 0.252. The molecule has 118 valence electrons. The Morgan fingerprint density at radius 3 is 2.86 bits per heavy atom. The Labute approximate surface area is 125 Å². The fourth-order valence-corrected chi connectivity index (χ4v) is 2.49. The molecule has 1 amide bonds. The Morgan fingerprint density at radius 2 is 2.29 bits per heavy atom. The molecule has 6 nitrogen and oxygen atoms in total. The number of hydrogen-bond acceptors (Lipinski definition) is 4. The highest BCUT2D eigenvalue weighted by Crippen LogP contribution is 2.19. The molecule has 0 bridgehead atoms. The summed E-state index contributed by atoms with van der Waals surface area (Å²) in [4.78, 5) is 14.6. The molecule has 0 radical (unpaired) electrons. The van der Waals surface area contributed by atoms with Gasteiger partial charge in [-0.1, -0.05) is 13.8 Å². The highest BCUT2D eigenvalue weighted by Gasteiger charge is 2.31. The number of morpholine rings is 1. The first-order chi connectivity index (χ1) is 9.97.